The van der Waals surface area contributed by atoms with Crippen molar-refractivity contribution in [2.75, 3.05) is 32.6 Å². The Morgan fingerprint density at radius 1 is 1.47 bits per heavy atom. The van der Waals surface area contributed by atoms with Crippen LogP contribution in [0.5, 0.6) is 0 Å². The molecule has 0 aromatic carbocycles. The van der Waals surface area contributed by atoms with Crippen LogP contribution in [0, 0.1) is 0 Å². The zero-order chi connectivity index (χ0) is 14.3. The number of amides is 1. The van der Waals surface area contributed by atoms with Gasteiger partial charge in [-0.2, -0.15) is 0 Å². The normalized spacial score (nSPS) is 9.84. The lowest BCUT2D eigenvalue weighted by atomic mass is 10.2. The number of esters is 1. The van der Waals surface area contributed by atoms with Crippen LogP contribution in [-0.4, -0.2) is 44.8 Å². The lowest BCUT2D eigenvalue weighted by molar-refractivity contribution is -0.143. The fourth-order valence-corrected chi connectivity index (χ4v) is 1.42. The van der Waals surface area contributed by atoms with Crippen LogP contribution in [-0.2, 0) is 20.9 Å². The van der Waals surface area contributed by atoms with Gasteiger partial charge < -0.3 is 14.8 Å². The fraction of sp³-hybridized carbons (Fsp3) is 0.417. The number of nitrogens with one attached hydrogen (secondary N) is 1. The van der Waals surface area contributed by atoms with E-state index in [9.17, 15) is 9.59 Å². The van der Waals surface area contributed by atoms with Crippen molar-refractivity contribution in [1.82, 2.24) is 10.3 Å². The molecule has 0 radical (unpaired) electrons. The molecule has 0 aliphatic rings. The van der Waals surface area contributed by atoms with E-state index in [1.165, 1.54) is 19.1 Å². The second kappa shape index (κ2) is 7.32. The summed E-state index contributed by atoms with van der Waals surface area (Å²) in [7, 11) is 4.48. The van der Waals surface area contributed by atoms with Gasteiger partial charge in [0, 0.05) is 18.8 Å². The highest BCUT2D eigenvalue weighted by Gasteiger charge is 2.16. The van der Waals surface area contributed by atoms with Crippen LogP contribution < -0.4 is 10.2 Å². The number of pyridine rings is 1. The lowest BCUT2D eigenvalue weighted by Gasteiger charge is -2.17. The quantitative estimate of drug-likeness (QED) is 0.784. The molecule has 1 heterocycles. The molecule has 1 rings (SSSR count). The van der Waals surface area contributed by atoms with Crippen molar-refractivity contribution in [3.05, 3.63) is 23.9 Å². The predicted octanol–water partition coefficient (Wildman–Crippen LogP) is 0.547. The van der Waals surface area contributed by atoms with Gasteiger partial charge in [0.05, 0.1) is 13.7 Å². The van der Waals surface area contributed by atoms with Gasteiger partial charge in [0.25, 0.3) is 0 Å². The molecule has 1 aromatic heterocycles. The van der Waals surface area contributed by atoms with Gasteiger partial charge in [-0.15, -0.1) is 0 Å². The third-order valence-corrected chi connectivity index (χ3v) is 2.34. The van der Waals surface area contributed by atoms with Gasteiger partial charge >= 0.3 is 12.1 Å². The number of anilines is 1. The Morgan fingerprint density at radius 3 is 2.84 bits per heavy atom. The summed E-state index contributed by atoms with van der Waals surface area (Å²) in [5.41, 5.74) is 0.625. The van der Waals surface area contributed by atoms with Crippen molar-refractivity contribution < 1.29 is 19.1 Å². The summed E-state index contributed by atoms with van der Waals surface area (Å²) in [5.74, 6) is 0.0182. The van der Waals surface area contributed by atoms with Gasteiger partial charge in [0.15, 0.2) is 0 Å². The molecule has 0 bridgehead atoms. The summed E-state index contributed by atoms with van der Waals surface area (Å²) in [6, 6.07) is 3.43. The summed E-state index contributed by atoms with van der Waals surface area (Å²) in [6.45, 7) is 0.174. The molecule has 0 unspecified atom stereocenters. The molecule has 1 amide bonds. The maximum Gasteiger partial charge on any atom is 0.414 e. The number of nitrogens with zero attached hydrogens (tertiary/aromatic N) is 2. The van der Waals surface area contributed by atoms with E-state index in [1.807, 2.05) is 0 Å². The maximum absolute atomic E-state index is 11.5. The van der Waals surface area contributed by atoms with E-state index in [-0.39, 0.29) is 19.1 Å². The number of hydrogen-bond acceptors (Lipinski definition) is 6. The fourth-order valence-electron chi connectivity index (χ4n) is 1.42. The first kappa shape index (κ1) is 14.9. The van der Waals surface area contributed by atoms with Gasteiger partial charge in [0.2, 0.25) is 0 Å². The Balaban J connectivity index is 2.78. The minimum atomic E-state index is -0.540. The minimum Gasteiger partial charge on any atom is -0.460 e. The largest absolute Gasteiger partial charge is 0.460 e. The molecule has 7 nitrogen and oxygen atoms in total. The number of aromatic nitrogens is 1. The second-order valence-corrected chi connectivity index (χ2v) is 3.71. The third-order valence-electron chi connectivity index (χ3n) is 2.34. The van der Waals surface area contributed by atoms with Crippen molar-refractivity contribution >= 4 is 17.9 Å². The van der Waals surface area contributed by atoms with E-state index in [0.29, 0.717) is 11.4 Å². The summed E-state index contributed by atoms with van der Waals surface area (Å²) >= 11 is 0. The minimum absolute atomic E-state index is 0.0466. The van der Waals surface area contributed by atoms with E-state index in [0.717, 1.165) is 0 Å². The number of hydrogen-bond donors (Lipinski definition) is 1. The Morgan fingerprint density at radius 2 is 2.21 bits per heavy atom. The van der Waals surface area contributed by atoms with Crippen LogP contribution in [0.1, 0.15) is 5.56 Å². The Hall–Kier alpha value is -2.15. The Kier molecular flexibility index (Phi) is 5.74. The Bertz CT molecular complexity index is 450. The van der Waals surface area contributed by atoms with Crippen molar-refractivity contribution in [1.29, 1.82) is 0 Å². The molecule has 7 heteroatoms. The van der Waals surface area contributed by atoms with Crippen molar-refractivity contribution in [2.24, 2.45) is 0 Å². The third kappa shape index (κ3) is 4.22. The zero-order valence-corrected chi connectivity index (χ0v) is 11.2. The van der Waals surface area contributed by atoms with E-state index >= 15 is 0 Å². The highest BCUT2D eigenvalue weighted by Crippen LogP contribution is 2.17. The number of rotatable bonds is 5. The van der Waals surface area contributed by atoms with Crippen LogP contribution in [0.3, 0.4) is 0 Å². The van der Waals surface area contributed by atoms with Gasteiger partial charge in [-0.1, -0.05) is 6.07 Å². The van der Waals surface area contributed by atoms with Crippen molar-refractivity contribution in [3.63, 3.8) is 0 Å². The number of methoxy groups -OCH3 is 1. The highest BCUT2D eigenvalue weighted by atomic mass is 16.5. The molecule has 0 spiro atoms. The van der Waals surface area contributed by atoms with E-state index in [2.05, 4.69) is 15.0 Å². The maximum atomic E-state index is 11.5. The standard InChI is InChI=1S/C12H17N3O4/c1-13-7-10(16)19-8-9-5-4-6-14-11(9)15(2)12(17)18-3/h4-6,13H,7-8H2,1-3H3. The molecule has 104 valence electrons. The molecule has 0 fully saturated rings. The molecular formula is C12H17N3O4. The monoisotopic (exact) mass is 267 g/mol. The second-order valence-electron chi connectivity index (χ2n) is 3.71. The van der Waals surface area contributed by atoms with E-state index < -0.39 is 6.09 Å². The number of carbonyl (C=O) groups is 2. The van der Waals surface area contributed by atoms with Gasteiger partial charge in [0.1, 0.15) is 12.4 Å². The Labute approximate surface area is 111 Å². The van der Waals surface area contributed by atoms with Gasteiger partial charge in [-0.25, -0.2) is 9.78 Å². The molecule has 1 N–H and O–H groups in total. The topological polar surface area (TPSA) is 80.8 Å². The molecular weight excluding hydrogens is 250 g/mol. The summed E-state index contributed by atoms with van der Waals surface area (Å²) in [6.07, 6.45) is 1.01. The van der Waals surface area contributed by atoms with Crippen LogP contribution in [0.4, 0.5) is 10.6 Å². The van der Waals surface area contributed by atoms with Crippen LogP contribution in [0.15, 0.2) is 18.3 Å². The van der Waals surface area contributed by atoms with Crippen molar-refractivity contribution in [2.45, 2.75) is 6.61 Å². The summed E-state index contributed by atoms with van der Waals surface area (Å²) in [4.78, 5) is 28.1. The van der Waals surface area contributed by atoms with E-state index in [1.54, 1.807) is 25.4 Å². The average molecular weight is 267 g/mol. The SMILES string of the molecule is CNCC(=O)OCc1cccnc1N(C)C(=O)OC. The molecule has 0 saturated heterocycles. The number of likely N-dealkylation sites (N-methyl/N-ethyl adjacent to an activating group) is 1. The number of ether oxygens (including phenoxy) is 2. The first-order valence-electron chi connectivity index (χ1n) is 5.66. The smallest absolute Gasteiger partial charge is 0.414 e. The molecule has 0 aliphatic heterocycles. The molecule has 0 atom stereocenters. The average Bonchev–Trinajstić information content (AvgIpc) is 2.44. The van der Waals surface area contributed by atoms with Crippen LogP contribution in [0.25, 0.3) is 0 Å². The first-order chi connectivity index (χ1) is 9.10. The molecule has 19 heavy (non-hydrogen) atoms. The highest BCUT2D eigenvalue weighted by molar-refractivity contribution is 5.86. The predicted molar refractivity (Wildman–Crippen MR) is 68.8 cm³/mol. The summed E-state index contributed by atoms with van der Waals surface area (Å²) < 4.78 is 9.67. The van der Waals surface area contributed by atoms with Crippen LogP contribution in [0.2, 0.25) is 0 Å². The van der Waals surface area contributed by atoms with Gasteiger partial charge in [-0.3, -0.25) is 9.69 Å². The molecule has 0 saturated carbocycles. The first-order valence-corrected chi connectivity index (χ1v) is 5.66. The molecule has 1 aromatic rings. The number of carbonyl (C=O) groups excluding carboxylic acids is 2. The van der Waals surface area contributed by atoms with Crippen LogP contribution >= 0.6 is 0 Å². The zero-order valence-electron chi connectivity index (χ0n) is 11.2. The van der Waals surface area contributed by atoms with Crippen molar-refractivity contribution in [3.8, 4) is 0 Å². The van der Waals surface area contributed by atoms with E-state index in [4.69, 9.17) is 4.74 Å². The summed E-state index contributed by atoms with van der Waals surface area (Å²) in [5, 5.41) is 2.69. The van der Waals surface area contributed by atoms with Gasteiger partial charge in [-0.05, 0) is 13.1 Å². The molecule has 0 aliphatic carbocycles. The lowest BCUT2D eigenvalue weighted by Crippen LogP contribution is -2.28.